The lowest BCUT2D eigenvalue weighted by Gasteiger charge is -2.09. The van der Waals surface area contributed by atoms with E-state index in [1.54, 1.807) is 35.5 Å². The molecule has 0 radical (unpaired) electrons. The van der Waals surface area contributed by atoms with Gasteiger partial charge >= 0.3 is 0 Å². The van der Waals surface area contributed by atoms with E-state index < -0.39 is 0 Å². The molecule has 0 fully saturated rings. The van der Waals surface area contributed by atoms with Gasteiger partial charge in [-0.05, 0) is 18.2 Å². The molecule has 2 N–H and O–H groups in total. The average molecular weight is 384 g/mol. The number of furan rings is 1. The molecule has 0 bridgehead atoms. The van der Waals surface area contributed by atoms with Gasteiger partial charge in [-0.3, -0.25) is 9.89 Å². The summed E-state index contributed by atoms with van der Waals surface area (Å²) in [6.07, 6.45) is 4.85. The van der Waals surface area contributed by atoms with Gasteiger partial charge in [0, 0.05) is 11.6 Å². The van der Waals surface area contributed by atoms with Crippen molar-refractivity contribution < 1.29 is 9.21 Å². The molecule has 0 saturated heterocycles. The lowest BCUT2D eigenvalue weighted by Crippen LogP contribution is -2.13. The van der Waals surface area contributed by atoms with Crippen LogP contribution in [0.1, 0.15) is 16.1 Å². The largest absolute Gasteiger partial charge is 0.467 e. The second-order valence-electron chi connectivity index (χ2n) is 6.46. The monoisotopic (exact) mass is 384 g/mol. The Kier molecular flexibility index (Phi) is 4.14. The number of carbonyl (C=O) groups excluding carboxylic acids is 1. The fourth-order valence-electron chi connectivity index (χ4n) is 3.17. The smallest absolute Gasteiger partial charge is 0.257 e. The van der Waals surface area contributed by atoms with Crippen LogP contribution in [0.25, 0.3) is 22.3 Å². The van der Waals surface area contributed by atoms with Crippen LogP contribution >= 0.6 is 0 Å². The first-order valence-electron chi connectivity index (χ1n) is 9.03. The summed E-state index contributed by atoms with van der Waals surface area (Å²) in [5, 5.41) is 14.5. The third-order valence-electron chi connectivity index (χ3n) is 4.56. The second kappa shape index (κ2) is 7.08. The number of benzene rings is 1. The Hall–Kier alpha value is -4.20. The van der Waals surface area contributed by atoms with E-state index in [1.807, 2.05) is 42.5 Å². The van der Waals surface area contributed by atoms with Crippen LogP contribution in [0, 0.1) is 0 Å². The Morgan fingerprint density at radius 1 is 1.14 bits per heavy atom. The number of anilines is 1. The summed E-state index contributed by atoms with van der Waals surface area (Å²) >= 11 is 0. The van der Waals surface area contributed by atoms with E-state index in [2.05, 4.69) is 20.6 Å². The Morgan fingerprint density at radius 3 is 2.79 bits per heavy atom. The van der Waals surface area contributed by atoms with E-state index in [0.29, 0.717) is 34.7 Å². The predicted molar refractivity (Wildman–Crippen MR) is 107 cm³/mol. The van der Waals surface area contributed by atoms with Gasteiger partial charge in [-0.1, -0.05) is 30.3 Å². The SMILES string of the molecule is O=C(Nc1ccn[nH]1)c1cc(-c2ccccc2)nc2c1cnn2Cc1ccco1. The number of amides is 1. The van der Waals surface area contributed by atoms with Gasteiger partial charge in [-0.15, -0.1) is 0 Å². The average Bonchev–Trinajstić information content (AvgIpc) is 3.51. The van der Waals surface area contributed by atoms with Crippen LogP contribution in [-0.2, 0) is 6.54 Å². The Balaban J connectivity index is 1.64. The zero-order valence-electron chi connectivity index (χ0n) is 15.2. The molecule has 142 valence electrons. The standard InChI is InChI=1S/C21H16N6O2/c28-21(25-19-8-9-22-26-19)16-11-18(14-5-2-1-3-6-14)24-20-17(16)12-23-27(20)13-15-7-4-10-29-15/h1-12H,13H2,(H2,22,25,26,28). The summed E-state index contributed by atoms with van der Waals surface area (Å²) in [6.45, 7) is 0.420. The van der Waals surface area contributed by atoms with E-state index >= 15 is 0 Å². The third kappa shape index (κ3) is 3.27. The molecule has 0 aliphatic heterocycles. The topological polar surface area (TPSA) is 102 Å². The lowest BCUT2D eigenvalue weighted by atomic mass is 10.1. The summed E-state index contributed by atoms with van der Waals surface area (Å²) in [6, 6.07) is 16.9. The molecule has 0 spiro atoms. The van der Waals surface area contributed by atoms with E-state index in [4.69, 9.17) is 9.40 Å². The van der Waals surface area contributed by atoms with Gasteiger partial charge in [0.25, 0.3) is 5.91 Å². The fraction of sp³-hybridized carbons (Fsp3) is 0.0476. The van der Waals surface area contributed by atoms with Gasteiger partial charge in [0.05, 0.1) is 35.3 Å². The zero-order valence-corrected chi connectivity index (χ0v) is 15.2. The lowest BCUT2D eigenvalue weighted by molar-refractivity contribution is 0.102. The van der Waals surface area contributed by atoms with Crippen molar-refractivity contribution in [3.63, 3.8) is 0 Å². The van der Waals surface area contributed by atoms with Crippen LogP contribution in [0.5, 0.6) is 0 Å². The van der Waals surface area contributed by atoms with Gasteiger partial charge < -0.3 is 9.73 Å². The maximum absolute atomic E-state index is 13.0. The molecule has 5 aromatic rings. The van der Waals surface area contributed by atoms with Crippen molar-refractivity contribution in [1.29, 1.82) is 0 Å². The molecule has 4 heterocycles. The van der Waals surface area contributed by atoms with E-state index in [0.717, 1.165) is 11.3 Å². The first kappa shape index (κ1) is 16.9. The number of rotatable bonds is 5. The summed E-state index contributed by atoms with van der Waals surface area (Å²) in [5.74, 6) is 1.01. The van der Waals surface area contributed by atoms with Crippen molar-refractivity contribution in [3.05, 3.63) is 84.6 Å². The van der Waals surface area contributed by atoms with E-state index in [-0.39, 0.29) is 5.91 Å². The van der Waals surface area contributed by atoms with Gasteiger partial charge in [0.1, 0.15) is 18.1 Å². The van der Waals surface area contributed by atoms with Crippen LogP contribution in [0.2, 0.25) is 0 Å². The number of fused-ring (bicyclic) bond motifs is 1. The maximum atomic E-state index is 13.0. The summed E-state index contributed by atoms with van der Waals surface area (Å²) in [7, 11) is 0. The van der Waals surface area contributed by atoms with Crippen molar-refractivity contribution >= 4 is 22.8 Å². The van der Waals surface area contributed by atoms with E-state index in [1.165, 1.54) is 0 Å². The summed E-state index contributed by atoms with van der Waals surface area (Å²) < 4.78 is 7.17. The van der Waals surface area contributed by atoms with Gasteiger partial charge in [-0.2, -0.15) is 10.2 Å². The van der Waals surface area contributed by atoms with E-state index in [9.17, 15) is 4.79 Å². The molecule has 0 aliphatic carbocycles. The quantitative estimate of drug-likeness (QED) is 0.481. The van der Waals surface area contributed by atoms with Gasteiger partial charge in [0.2, 0.25) is 0 Å². The first-order valence-corrected chi connectivity index (χ1v) is 9.03. The Morgan fingerprint density at radius 2 is 2.03 bits per heavy atom. The molecule has 0 atom stereocenters. The molecular formula is C21H16N6O2. The number of nitrogens with zero attached hydrogens (tertiary/aromatic N) is 4. The highest BCUT2D eigenvalue weighted by Crippen LogP contribution is 2.26. The molecule has 0 aliphatic rings. The molecule has 1 amide bonds. The van der Waals surface area contributed by atoms with Crippen LogP contribution in [0.15, 0.2) is 77.7 Å². The number of H-pyrrole nitrogens is 1. The zero-order chi connectivity index (χ0) is 19.6. The molecule has 5 rings (SSSR count). The number of aromatic nitrogens is 5. The molecule has 29 heavy (non-hydrogen) atoms. The highest BCUT2D eigenvalue weighted by Gasteiger charge is 2.18. The molecule has 4 aromatic heterocycles. The number of aromatic amines is 1. The highest BCUT2D eigenvalue weighted by atomic mass is 16.3. The van der Waals surface area contributed by atoms with Crippen molar-refractivity contribution in [2.75, 3.05) is 5.32 Å². The van der Waals surface area contributed by atoms with Gasteiger partial charge in [0.15, 0.2) is 5.65 Å². The van der Waals surface area contributed by atoms with Gasteiger partial charge in [-0.25, -0.2) is 9.67 Å². The fourth-order valence-corrected chi connectivity index (χ4v) is 3.17. The highest BCUT2D eigenvalue weighted by molar-refractivity contribution is 6.12. The molecular weight excluding hydrogens is 368 g/mol. The molecule has 8 heteroatoms. The van der Waals surface area contributed by atoms with Crippen molar-refractivity contribution in [3.8, 4) is 11.3 Å². The molecule has 0 unspecified atom stereocenters. The van der Waals surface area contributed by atoms with Crippen molar-refractivity contribution in [2.24, 2.45) is 0 Å². The summed E-state index contributed by atoms with van der Waals surface area (Å²) in [5.41, 5.74) is 2.69. The predicted octanol–water partition coefficient (Wildman–Crippen LogP) is 3.72. The number of carbonyl (C=O) groups is 1. The number of nitrogens with one attached hydrogen (secondary N) is 2. The molecule has 8 nitrogen and oxygen atoms in total. The molecule has 0 saturated carbocycles. The number of hydrogen-bond donors (Lipinski definition) is 2. The van der Waals surface area contributed by atoms with Crippen LogP contribution in [0.3, 0.4) is 0 Å². The number of hydrogen-bond acceptors (Lipinski definition) is 5. The van der Waals surface area contributed by atoms with Crippen LogP contribution in [0.4, 0.5) is 5.82 Å². The molecule has 1 aromatic carbocycles. The van der Waals surface area contributed by atoms with Crippen LogP contribution < -0.4 is 5.32 Å². The first-order chi connectivity index (χ1) is 14.3. The van der Waals surface area contributed by atoms with Crippen molar-refractivity contribution in [2.45, 2.75) is 6.54 Å². The Labute approximate surface area is 165 Å². The van der Waals surface area contributed by atoms with Crippen LogP contribution in [-0.4, -0.2) is 30.9 Å². The minimum atomic E-state index is -0.267. The normalized spacial score (nSPS) is 11.0. The maximum Gasteiger partial charge on any atom is 0.257 e. The number of pyridine rings is 1. The minimum Gasteiger partial charge on any atom is -0.467 e. The summed E-state index contributed by atoms with van der Waals surface area (Å²) in [4.78, 5) is 17.8. The minimum absolute atomic E-state index is 0.267. The van der Waals surface area contributed by atoms with Crippen molar-refractivity contribution in [1.82, 2.24) is 25.0 Å². The Bertz CT molecular complexity index is 1260. The third-order valence-corrected chi connectivity index (χ3v) is 4.56. The second-order valence-corrected chi connectivity index (χ2v) is 6.46.